The van der Waals surface area contributed by atoms with Crippen LogP contribution < -0.4 is 0 Å². The molecule has 0 radical (unpaired) electrons. The van der Waals surface area contributed by atoms with Crippen LogP contribution in [0.1, 0.15) is 31.7 Å². The van der Waals surface area contributed by atoms with E-state index in [1.807, 2.05) is 20.8 Å². The van der Waals surface area contributed by atoms with Crippen LogP contribution in [0.3, 0.4) is 0 Å². The van der Waals surface area contributed by atoms with Crippen molar-refractivity contribution in [2.45, 2.75) is 39.7 Å². The molecule has 1 amide bonds. The zero-order valence-corrected chi connectivity index (χ0v) is 11.3. The minimum atomic E-state index is -0.369. The number of aliphatic hydroxyl groups is 1. The molecule has 1 aliphatic heterocycles. The maximum Gasteiger partial charge on any atom is 0.228 e. The largest absolute Gasteiger partial charge is 0.391 e. The van der Waals surface area contributed by atoms with E-state index in [0.29, 0.717) is 25.2 Å². The number of aromatic nitrogens is 2. The second-order valence-corrected chi connectivity index (χ2v) is 4.05. The number of β-amino-alcohol motifs (C(OH)–C–C–N with tert-alkyl or cyclic N) is 1. The van der Waals surface area contributed by atoms with Gasteiger partial charge < -0.3 is 10.0 Å². The Balaban J connectivity index is 0.000000771. The average molecular weight is 251 g/mol. The van der Waals surface area contributed by atoms with E-state index in [9.17, 15) is 9.90 Å². The lowest BCUT2D eigenvalue weighted by Crippen LogP contribution is -2.31. The van der Waals surface area contributed by atoms with Crippen LogP contribution in [0.5, 0.6) is 0 Å². The van der Waals surface area contributed by atoms with Crippen molar-refractivity contribution in [3.05, 3.63) is 23.8 Å². The molecule has 2 rings (SSSR count). The summed E-state index contributed by atoms with van der Waals surface area (Å²) in [4.78, 5) is 21.8. The highest BCUT2D eigenvalue weighted by atomic mass is 16.3. The summed E-state index contributed by atoms with van der Waals surface area (Å²) < 4.78 is 0. The molecule has 0 spiro atoms. The minimum absolute atomic E-state index is 0.0140. The first-order valence-corrected chi connectivity index (χ1v) is 6.39. The van der Waals surface area contributed by atoms with Gasteiger partial charge >= 0.3 is 0 Å². The zero-order valence-electron chi connectivity index (χ0n) is 11.3. The molecule has 0 saturated carbocycles. The maximum absolute atomic E-state index is 11.9. The summed E-state index contributed by atoms with van der Waals surface area (Å²) >= 11 is 0. The Morgan fingerprint density at radius 1 is 1.44 bits per heavy atom. The van der Waals surface area contributed by atoms with E-state index in [-0.39, 0.29) is 18.4 Å². The molecule has 1 unspecified atom stereocenters. The van der Waals surface area contributed by atoms with Gasteiger partial charge in [0.05, 0.1) is 23.9 Å². The number of carbonyl (C=O) groups excluding carboxylic acids is 1. The van der Waals surface area contributed by atoms with E-state index in [1.165, 1.54) is 0 Å². The van der Waals surface area contributed by atoms with Gasteiger partial charge in [0.15, 0.2) is 0 Å². The Morgan fingerprint density at radius 2 is 2.11 bits per heavy atom. The predicted molar refractivity (Wildman–Crippen MR) is 69.0 cm³/mol. The molecular formula is C13H21N3O2. The third-order valence-corrected chi connectivity index (χ3v) is 2.82. The molecule has 1 atom stereocenters. The highest BCUT2D eigenvalue weighted by Gasteiger charge is 2.24. The van der Waals surface area contributed by atoms with Crippen LogP contribution >= 0.6 is 0 Å². The smallest absolute Gasteiger partial charge is 0.228 e. The van der Waals surface area contributed by atoms with Crippen LogP contribution in [0.15, 0.2) is 12.4 Å². The third-order valence-electron chi connectivity index (χ3n) is 2.82. The van der Waals surface area contributed by atoms with E-state index in [4.69, 9.17) is 0 Å². The first kappa shape index (κ1) is 14.6. The van der Waals surface area contributed by atoms with Gasteiger partial charge in [-0.2, -0.15) is 0 Å². The number of rotatable bonds is 2. The maximum atomic E-state index is 11.9. The van der Waals surface area contributed by atoms with Crippen LogP contribution in [0, 0.1) is 6.92 Å². The Kier molecular flexibility index (Phi) is 5.71. The first-order valence-electron chi connectivity index (χ1n) is 6.39. The van der Waals surface area contributed by atoms with Crippen LogP contribution in [0.25, 0.3) is 0 Å². The highest BCUT2D eigenvalue weighted by Crippen LogP contribution is 2.11. The summed E-state index contributed by atoms with van der Waals surface area (Å²) in [6, 6.07) is 0. The molecule has 100 valence electrons. The van der Waals surface area contributed by atoms with Gasteiger partial charge in [0.25, 0.3) is 0 Å². The van der Waals surface area contributed by atoms with Gasteiger partial charge in [-0.3, -0.25) is 14.8 Å². The minimum Gasteiger partial charge on any atom is -0.391 e. The van der Waals surface area contributed by atoms with Gasteiger partial charge in [0.1, 0.15) is 0 Å². The molecular weight excluding hydrogens is 230 g/mol. The second kappa shape index (κ2) is 7.06. The molecule has 1 aromatic heterocycles. The van der Waals surface area contributed by atoms with Crippen molar-refractivity contribution in [1.29, 1.82) is 0 Å². The number of nitrogens with zero attached hydrogens (tertiary/aromatic N) is 3. The molecule has 0 aliphatic carbocycles. The number of likely N-dealkylation sites (tertiary alicyclic amines) is 1. The molecule has 5 nitrogen and oxygen atoms in total. The van der Waals surface area contributed by atoms with Crippen LogP contribution in [0.2, 0.25) is 0 Å². The lowest BCUT2D eigenvalue weighted by Gasteiger charge is -2.15. The van der Waals surface area contributed by atoms with Crippen molar-refractivity contribution in [1.82, 2.24) is 14.9 Å². The molecule has 1 aromatic rings. The fraction of sp³-hybridized carbons (Fsp3) is 0.615. The second-order valence-electron chi connectivity index (χ2n) is 4.05. The van der Waals surface area contributed by atoms with Gasteiger partial charge in [-0.1, -0.05) is 13.8 Å². The van der Waals surface area contributed by atoms with Crippen LogP contribution in [0.4, 0.5) is 0 Å². The van der Waals surface area contributed by atoms with Crippen molar-refractivity contribution in [2.75, 3.05) is 13.1 Å². The van der Waals surface area contributed by atoms with E-state index in [1.54, 1.807) is 17.3 Å². The molecule has 1 aliphatic rings. The molecule has 5 heteroatoms. The van der Waals surface area contributed by atoms with E-state index in [0.717, 1.165) is 5.69 Å². The topological polar surface area (TPSA) is 66.3 Å². The number of hydrogen-bond donors (Lipinski definition) is 1. The Labute approximate surface area is 108 Å². The lowest BCUT2D eigenvalue weighted by molar-refractivity contribution is -0.129. The van der Waals surface area contributed by atoms with Gasteiger partial charge in [-0.25, -0.2) is 0 Å². The van der Waals surface area contributed by atoms with E-state index < -0.39 is 0 Å². The molecule has 0 aromatic carbocycles. The molecule has 2 heterocycles. The van der Waals surface area contributed by atoms with Crippen molar-refractivity contribution in [3.8, 4) is 0 Å². The van der Waals surface area contributed by atoms with Gasteiger partial charge in [0.2, 0.25) is 5.91 Å². The van der Waals surface area contributed by atoms with Crippen LogP contribution in [-0.4, -0.2) is 45.1 Å². The molecule has 1 saturated heterocycles. The highest BCUT2D eigenvalue weighted by molar-refractivity contribution is 5.78. The number of amides is 1. The molecule has 1 N–H and O–H groups in total. The average Bonchev–Trinajstić information content (AvgIpc) is 2.81. The summed E-state index contributed by atoms with van der Waals surface area (Å²) in [5, 5.41) is 9.35. The number of carbonyl (C=O) groups is 1. The normalized spacial score (nSPS) is 18.2. The summed E-state index contributed by atoms with van der Waals surface area (Å²) in [6.45, 7) is 6.92. The SMILES string of the molecule is CC.Cc1nccnc1CC(=O)N1CCC(O)C1. The Hall–Kier alpha value is -1.49. The Morgan fingerprint density at radius 3 is 2.67 bits per heavy atom. The first-order chi connectivity index (χ1) is 8.66. The number of hydrogen-bond acceptors (Lipinski definition) is 4. The Bertz CT molecular complexity index is 396. The fourth-order valence-electron chi connectivity index (χ4n) is 1.83. The third kappa shape index (κ3) is 3.77. The molecule has 1 fully saturated rings. The van der Waals surface area contributed by atoms with E-state index in [2.05, 4.69) is 9.97 Å². The van der Waals surface area contributed by atoms with Gasteiger partial charge in [-0.15, -0.1) is 0 Å². The lowest BCUT2D eigenvalue weighted by atomic mass is 10.2. The van der Waals surface area contributed by atoms with E-state index >= 15 is 0 Å². The van der Waals surface area contributed by atoms with Crippen molar-refractivity contribution < 1.29 is 9.90 Å². The summed E-state index contributed by atoms with van der Waals surface area (Å²) in [5.74, 6) is 0.0140. The van der Waals surface area contributed by atoms with Crippen molar-refractivity contribution in [2.24, 2.45) is 0 Å². The zero-order chi connectivity index (χ0) is 13.5. The number of aliphatic hydroxyl groups excluding tert-OH is 1. The van der Waals surface area contributed by atoms with Gasteiger partial charge in [-0.05, 0) is 13.3 Å². The summed E-state index contributed by atoms with van der Waals surface area (Å²) in [5.41, 5.74) is 1.50. The van der Waals surface area contributed by atoms with Gasteiger partial charge in [0, 0.05) is 25.5 Å². The molecule has 0 bridgehead atoms. The monoisotopic (exact) mass is 251 g/mol. The molecule has 18 heavy (non-hydrogen) atoms. The summed E-state index contributed by atoms with van der Waals surface area (Å²) in [7, 11) is 0. The van der Waals surface area contributed by atoms with Crippen molar-refractivity contribution >= 4 is 5.91 Å². The summed E-state index contributed by atoms with van der Waals surface area (Å²) in [6.07, 6.45) is 3.78. The fourth-order valence-corrected chi connectivity index (χ4v) is 1.83. The van der Waals surface area contributed by atoms with Crippen LogP contribution in [-0.2, 0) is 11.2 Å². The van der Waals surface area contributed by atoms with Crippen molar-refractivity contribution in [3.63, 3.8) is 0 Å². The predicted octanol–water partition coefficient (Wildman–Crippen LogP) is 0.947. The number of aryl methyl sites for hydroxylation is 1. The quantitative estimate of drug-likeness (QED) is 0.849. The standard InChI is InChI=1S/C11H15N3O2.C2H6/c1-8-10(13-4-3-12-8)6-11(16)14-5-2-9(15)7-14;1-2/h3-4,9,15H,2,5-7H2,1H3;1-2H3.